The highest BCUT2D eigenvalue weighted by Crippen LogP contribution is 2.27. The van der Waals surface area contributed by atoms with Crippen LogP contribution in [-0.4, -0.2) is 23.1 Å². The Kier molecular flexibility index (Phi) is 4.83. The number of aromatic nitrogens is 1. The summed E-state index contributed by atoms with van der Waals surface area (Å²) in [5.74, 6) is -0.314. The maximum atomic E-state index is 12.2. The molecule has 1 heterocycles. The Balaban J connectivity index is 2.29. The van der Waals surface area contributed by atoms with Gasteiger partial charge in [0.15, 0.2) is 0 Å². The van der Waals surface area contributed by atoms with E-state index in [4.69, 9.17) is 4.74 Å². The van der Waals surface area contributed by atoms with Gasteiger partial charge in [0, 0.05) is 7.05 Å². The van der Waals surface area contributed by atoms with E-state index in [1.54, 1.807) is 25.5 Å². The van der Waals surface area contributed by atoms with Gasteiger partial charge in [-0.1, -0.05) is 11.3 Å². The summed E-state index contributed by atoms with van der Waals surface area (Å²) in [5, 5.41) is 3.89. The Morgan fingerprint density at radius 3 is 2.70 bits per heavy atom. The summed E-state index contributed by atoms with van der Waals surface area (Å²) < 4.78 is 47.6. The van der Waals surface area contributed by atoms with E-state index in [0.717, 1.165) is 11.3 Å². The van der Waals surface area contributed by atoms with E-state index in [0.29, 0.717) is 15.0 Å². The van der Waals surface area contributed by atoms with Gasteiger partial charge in [0.25, 0.3) is 0 Å². The van der Waals surface area contributed by atoms with Crippen LogP contribution in [0.5, 0.6) is 5.75 Å². The van der Waals surface area contributed by atoms with Gasteiger partial charge in [-0.25, -0.2) is 10.2 Å². The van der Waals surface area contributed by atoms with Crippen molar-refractivity contribution in [3.8, 4) is 5.75 Å². The van der Waals surface area contributed by atoms with Crippen LogP contribution < -0.4 is 15.0 Å². The van der Waals surface area contributed by atoms with Gasteiger partial charge >= 0.3 is 12.5 Å². The lowest BCUT2D eigenvalue weighted by Gasteiger charge is -2.08. The number of carbonyl (C=O) groups is 1. The number of aryl methyl sites for hydroxylation is 1. The average molecular weight is 349 g/mol. The molecule has 6 nitrogen and oxygen atoms in total. The van der Waals surface area contributed by atoms with Crippen molar-refractivity contribution >= 4 is 27.6 Å². The molecule has 0 saturated heterocycles. The number of hydrogen-bond acceptors (Lipinski definition) is 5. The second-order valence-electron chi connectivity index (χ2n) is 4.80. The fourth-order valence-electron chi connectivity index (χ4n) is 1.75. The standard InChI is InChI=1S/C13H14F3N3O3S/c1-7(2)21-12(20)18-17-11-19(3)9-5-4-8(6-10(9)23-11)22-13(14,15)16/h4-7H,1-3H3,(H,18,20)/b17-11+. The van der Waals surface area contributed by atoms with Crippen LogP contribution in [0.15, 0.2) is 23.3 Å². The monoisotopic (exact) mass is 349 g/mol. The first kappa shape index (κ1) is 17.1. The largest absolute Gasteiger partial charge is 0.573 e. The van der Waals surface area contributed by atoms with Crippen LogP contribution in [0.4, 0.5) is 18.0 Å². The molecule has 0 bridgehead atoms. The average Bonchev–Trinajstić information content (AvgIpc) is 2.70. The number of nitrogens with one attached hydrogen (secondary N) is 1. The lowest BCUT2D eigenvalue weighted by molar-refractivity contribution is -0.274. The highest BCUT2D eigenvalue weighted by Gasteiger charge is 2.31. The summed E-state index contributed by atoms with van der Waals surface area (Å²) in [4.78, 5) is 11.8. The molecule has 0 aliphatic carbocycles. The van der Waals surface area contributed by atoms with Gasteiger partial charge in [-0.15, -0.1) is 18.3 Å². The molecule has 1 aromatic carbocycles. The van der Waals surface area contributed by atoms with Crippen LogP contribution in [0.1, 0.15) is 13.8 Å². The molecule has 0 fully saturated rings. The number of carbonyl (C=O) groups excluding carboxylic acids is 1. The molecule has 0 atom stereocenters. The quantitative estimate of drug-likeness (QED) is 0.866. The first-order valence-corrected chi connectivity index (χ1v) is 7.33. The Morgan fingerprint density at radius 1 is 1.39 bits per heavy atom. The number of alkyl halides is 3. The van der Waals surface area contributed by atoms with E-state index in [-0.39, 0.29) is 11.9 Å². The summed E-state index contributed by atoms with van der Waals surface area (Å²) in [6.45, 7) is 3.39. The van der Waals surface area contributed by atoms with Crippen LogP contribution in [0.2, 0.25) is 0 Å². The molecular formula is C13H14F3N3O3S. The minimum absolute atomic E-state index is 0.288. The lowest BCUT2D eigenvalue weighted by atomic mass is 10.3. The normalized spacial score (nSPS) is 12.7. The number of amides is 1. The SMILES string of the molecule is CC(C)OC(=O)N/N=c1/sc2cc(OC(F)(F)F)ccc2n1C. The molecule has 0 aliphatic heterocycles. The maximum absolute atomic E-state index is 12.2. The van der Waals surface area contributed by atoms with Crippen molar-refractivity contribution in [2.75, 3.05) is 0 Å². The summed E-state index contributed by atoms with van der Waals surface area (Å²) in [6, 6.07) is 3.96. The molecule has 0 saturated carbocycles. The predicted octanol–water partition coefficient (Wildman–Crippen LogP) is 3.09. The molecule has 0 aliphatic rings. The second-order valence-corrected chi connectivity index (χ2v) is 5.81. The van der Waals surface area contributed by atoms with Crippen molar-refractivity contribution in [2.24, 2.45) is 12.1 Å². The first-order valence-electron chi connectivity index (χ1n) is 6.51. The smallest absolute Gasteiger partial charge is 0.446 e. The van der Waals surface area contributed by atoms with E-state index in [2.05, 4.69) is 15.3 Å². The van der Waals surface area contributed by atoms with Crippen LogP contribution in [0.25, 0.3) is 10.2 Å². The summed E-state index contributed by atoms with van der Waals surface area (Å²) in [7, 11) is 1.68. The van der Waals surface area contributed by atoms with Gasteiger partial charge in [-0.3, -0.25) is 0 Å². The third kappa shape index (κ3) is 4.62. The van der Waals surface area contributed by atoms with Crippen LogP contribution in [0, 0.1) is 0 Å². The lowest BCUT2D eigenvalue weighted by Crippen LogP contribution is -2.26. The molecule has 2 rings (SSSR count). The zero-order valence-electron chi connectivity index (χ0n) is 12.5. The third-order valence-corrected chi connectivity index (χ3v) is 3.69. The first-order chi connectivity index (χ1) is 10.7. The molecule has 1 N–H and O–H groups in total. The minimum atomic E-state index is -4.75. The number of hydrogen-bond donors (Lipinski definition) is 1. The zero-order chi connectivity index (χ0) is 17.2. The van der Waals surface area contributed by atoms with Crippen molar-refractivity contribution in [2.45, 2.75) is 26.3 Å². The van der Waals surface area contributed by atoms with E-state index in [1.807, 2.05) is 0 Å². The number of fused-ring (bicyclic) bond motifs is 1. The van der Waals surface area contributed by atoms with Crippen LogP contribution >= 0.6 is 11.3 Å². The molecule has 0 spiro atoms. The van der Waals surface area contributed by atoms with Gasteiger partial charge in [0.2, 0.25) is 4.80 Å². The van der Waals surface area contributed by atoms with E-state index >= 15 is 0 Å². The number of thiazole rings is 1. The van der Waals surface area contributed by atoms with E-state index < -0.39 is 12.5 Å². The molecule has 1 amide bonds. The number of nitrogens with zero attached hydrogens (tertiary/aromatic N) is 2. The van der Waals surface area contributed by atoms with Crippen molar-refractivity contribution < 1.29 is 27.4 Å². The number of benzene rings is 1. The third-order valence-electron chi connectivity index (χ3n) is 2.60. The highest BCUT2D eigenvalue weighted by atomic mass is 32.1. The number of rotatable bonds is 3. The van der Waals surface area contributed by atoms with Gasteiger partial charge in [-0.2, -0.15) is 0 Å². The van der Waals surface area contributed by atoms with Crippen molar-refractivity contribution in [1.29, 1.82) is 0 Å². The zero-order valence-corrected chi connectivity index (χ0v) is 13.3. The second kappa shape index (κ2) is 6.49. The van der Waals surface area contributed by atoms with Crippen molar-refractivity contribution in [1.82, 2.24) is 9.99 Å². The molecule has 10 heteroatoms. The van der Waals surface area contributed by atoms with Crippen LogP contribution in [0.3, 0.4) is 0 Å². The number of ether oxygens (including phenoxy) is 2. The fourth-order valence-corrected chi connectivity index (χ4v) is 2.76. The van der Waals surface area contributed by atoms with Gasteiger partial charge in [-0.05, 0) is 32.0 Å². The molecule has 23 heavy (non-hydrogen) atoms. The summed E-state index contributed by atoms with van der Waals surface area (Å²) in [6.07, 6.45) is -5.75. The minimum Gasteiger partial charge on any atom is -0.446 e. The highest BCUT2D eigenvalue weighted by molar-refractivity contribution is 7.16. The summed E-state index contributed by atoms with van der Waals surface area (Å²) >= 11 is 1.10. The van der Waals surface area contributed by atoms with Crippen LogP contribution in [-0.2, 0) is 11.8 Å². The summed E-state index contributed by atoms with van der Waals surface area (Å²) in [5.41, 5.74) is 2.88. The Bertz CT molecular complexity index is 780. The Morgan fingerprint density at radius 2 is 2.09 bits per heavy atom. The van der Waals surface area contributed by atoms with Gasteiger partial charge in [0.05, 0.1) is 16.3 Å². The Labute approximate surface area is 133 Å². The molecule has 2 aromatic rings. The molecule has 1 aromatic heterocycles. The molecule has 0 unspecified atom stereocenters. The molecule has 0 radical (unpaired) electrons. The van der Waals surface area contributed by atoms with Gasteiger partial charge < -0.3 is 14.0 Å². The van der Waals surface area contributed by atoms with E-state index in [9.17, 15) is 18.0 Å². The molecule has 126 valence electrons. The maximum Gasteiger partial charge on any atom is 0.573 e. The van der Waals surface area contributed by atoms with E-state index in [1.165, 1.54) is 18.2 Å². The van der Waals surface area contributed by atoms with Crippen molar-refractivity contribution in [3.05, 3.63) is 23.0 Å². The van der Waals surface area contributed by atoms with Crippen molar-refractivity contribution in [3.63, 3.8) is 0 Å². The topological polar surface area (TPSA) is 64.8 Å². The number of halogens is 3. The van der Waals surface area contributed by atoms with Gasteiger partial charge in [0.1, 0.15) is 5.75 Å². The Hall–Kier alpha value is -2.23. The predicted molar refractivity (Wildman–Crippen MR) is 77.8 cm³/mol. The fraction of sp³-hybridized carbons (Fsp3) is 0.385. The molecular weight excluding hydrogens is 335 g/mol.